The molecule has 1 spiro atoms. The largest absolute Gasteiger partial charge is 0.449 e. The van der Waals surface area contributed by atoms with Gasteiger partial charge in [-0.2, -0.15) is 4.80 Å². The maximum atomic E-state index is 13.0. The Kier molecular flexibility index (Phi) is 5.09. The number of hydrogen-bond donors (Lipinski definition) is 1. The Labute approximate surface area is 201 Å². The first-order valence-electron chi connectivity index (χ1n) is 11.8. The number of nitrogens with zero attached hydrogens (tertiary/aromatic N) is 6. The minimum absolute atomic E-state index is 0.0448. The maximum Gasteiger partial charge on any atom is 0.287 e. The minimum atomic E-state index is -0.198. The van der Waals surface area contributed by atoms with Crippen LogP contribution in [0.2, 0.25) is 0 Å². The molecule has 2 amide bonds. The number of carbonyl (C=O) groups excluding carboxylic acids is 2. The van der Waals surface area contributed by atoms with E-state index in [0.717, 1.165) is 43.3 Å². The molecule has 1 saturated heterocycles. The summed E-state index contributed by atoms with van der Waals surface area (Å²) in [6, 6.07) is 10.9. The first-order chi connectivity index (χ1) is 17.0. The SMILES string of the molecule is Cn1nnc(-c2ccc(C(=O)N3CCC4(CC3)CC4CNC(=O)c3cc4ccncc4o3)cc2)n1. The van der Waals surface area contributed by atoms with Crippen LogP contribution in [0, 0.1) is 11.3 Å². The average Bonchev–Trinajstić information content (AvgIpc) is 3.20. The van der Waals surface area contributed by atoms with Gasteiger partial charge in [0.05, 0.1) is 13.2 Å². The van der Waals surface area contributed by atoms with Crippen molar-refractivity contribution >= 4 is 22.8 Å². The van der Waals surface area contributed by atoms with Gasteiger partial charge in [0.1, 0.15) is 0 Å². The molecule has 1 aromatic carbocycles. The number of benzene rings is 1. The summed E-state index contributed by atoms with van der Waals surface area (Å²) < 4.78 is 5.61. The number of rotatable bonds is 5. The third kappa shape index (κ3) is 4.05. The molecule has 1 aliphatic carbocycles. The maximum absolute atomic E-state index is 13.0. The van der Waals surface area contributed by atoms with Crippen LogP contribution in [0.25, 0.3) is 22.4 Å². The standard InChI is InChI=1S/C25H25N7O3/c1-31-29-22(28-30-31)16-2-4-17(5-3-16)24(34)32-10-7-25(8-11-32)13-19(25)14-27-23(33)20-12-18-6-9-26-15-21(18)35-20/h2-6,9,12,15,19H,7-8,10-11,13-14H2,1H3,(H,27,33). The highest BCUT2D eigenvalue weighted by Gasteiger charge is 2.54. The zero-order valence-electron chi connectivity index (χ0n) is 19.3. The number of nitrogens with one attached hydrogen (secondary N) is 1. The van der Waals surface area contributed by atoms with Gasteiger partial charge in [0.25, 0.3) is 11.8 Å². The lowest BCUT2D eigenvalue weighted by Crippen LogP contribution is -2.40. The van der Waals surface area contributed by atoms with Crippen molar-refractivity contribution in [2.24, 2.45) is 18.4 Å². The second-order valence-corrected chi connectivity index (χ2v) is 9.47. The van der Waals surface area contributed by atoms with Crippen molar-refractivity contribution in [2.75, 3.05) is 19.6 Å². The van der Waals surface area contributed by atoms with Crippen molar-refractivity contribution in [3.8, 4) is 11.4 Å². The molecule has 1 N–H and O–H groups in total. The number of aryl methyl sites for hydroxylation is 1. The fourth-order valence-corrected chi connectivity index (χ4v) is 5.13. The van der Waals surface area contributed by atoms with Crippen LogP contribution in [-0.4, -0.2) is 61.5 Å². The monoisotopic (exact) mass is 471 g/mol. The van der Waals surface area contributed by atoms with Crippen LogP contribution in [0.1, 0.15) is 40.2 Å². The number of fused-ring (bicyclic) bond motifs is 1. The summed E-state index contributed by atoms with van der Waals surface area (Å²) in [4.78, 5) is 32.9. The van der Waals surface area contributed by atoms with E-state index in [2.05, 4.69) is 25.7 Å². The van der Waals surface area contributed by atoms with Gasteiger partial charge in [0.2, 0.25) is 5.82 Å². The summed E-state index contributed by atoms with van der Waals surface area (Å²) in [5.74, 6) is 1.13. The van der Waals surface area contributed by atoms with Gasteiger partial charge in [-0.3, -0.25) is 14.6 Å². The van der Waals surface area contributed by atoms with Crippen LogP contribution in [0.3, 0.4) is 0 Å². The van der Waals surface area contributed by atoms with Gasteiger partial charge < -0.3 is 14.6 Å². The average molecular weight is 472 g/mol. The van der Waals surface area contributed by atoms with Crippen molar-refractivity contribution < 1.29 is 14.0 Å². The molecule has 1 saturated carbocycles. The second-order valence-electron chi connectivity index (χ2n) is 9.47. The predicted molar refractivity (Wildman–Crippen MR) is 126 cm³/mol. The highest BCUT2D eigenvalue weighted by atomic mass is 16.3. The highest BCUT2D eigenvalue weighted by molar-refractivity contribution is 5.96. The molecule has 0 bridgehead atoms. The van der Waals surface area contributed by atoms with E-state index in [1.165, 1.54) is 4.80 Å². The molecule has 10 heteroatoms. The lowest BCUT2D eigenvalue weighted by atomic mass is 9.90. The Balaban J connectivity index is 1.01. The number of hydrogen-bond acceptors (Lipinski definition) is 7. The quantitative estimate of drug-likeness (QED) is 0.475. The summed E-state index contributed by atoms with van der Waals surface area (Å²) in [6.07, 6.45) is 6.28. The molecule has 4 aromatic rings. The van der Waals surface area contributed by atoms with Crippen molar-refractivity contribution in [1.82, 2.24) is 35.4 Å². The van der Waals surface area contributed by atoms with Crippen molar-refractivity contribution in [2.45, 2.75) is 19.3 Å². The normalized spacial score (nSPS) is 18.7. The number of likely N-dealkylation sites (tertiary alicyclic amines) is 1. The van der Waals surface area contributed by atoms with Crippen molar-refractivity contribution in [3.63, 3.8) is 0 Å². The van der Waals surface area contributed by atoms with E-state index in [1.54, 1.807) is 25.5 Å². The van der Waals surface area contributed by atoms with Crippen molar-refractivity contribution in [3.05, 3.63) is 60.1 Å². The number of tetrazole rings is 1. The first-order valence-corrected chi connectivity index (χ1v) is 11.8. The van der Waals surface area contributed by atoms with Gasteiger partial charge in [-0.05, 0) is 60.1 Å². The fraction of sp³-hybridized carbons (Fsp3) is 0.360. The Morgan fingerprint density at radius 2 is 1.97 bits per heavy atom. The molecule has 1 unspecified atom stereocenters. The van der Waals surface area contributed by atoms with Crippen LogP contribution in [0.15, 0.2) is 53.2 Å². The number of pyridine rings is 1. The Morgan fingerprint density at radius 1 is 1.17 bits per heavy atom. The Hall–Kier alpha value is -4.08. The third-order valence-electron chi connectivity index (χ3n) is 7.36. The molecule has 1 atom stereocenters. The smallest absolute Gasteiger partial charge is 0.287 e. The predicted octanol–water partition coefficient (Wildman–Crippen LogP) is 2.69. The van der Waals surface area contributed by atoms with Gasteiger partial charge in [-0.1, -0.05) is 12.1 Å². The van der Waals surface area contributed by atoms with E-state index in [-0.39, 0.29) is 17.2 Å². The lowest BCUT2D eigenvalue weighted by molar-refractivity contribution is 0.0668. The van der Waals surface area contributed by atoms with Gasteiger partial charge in [0, 0.05) is 42.3 Å². The summed E-state index contributed by atoms with van der Waals surface area (Å²) in [5, 5.41) is 15.9. The Bertz CT molecular complexity index is 1370. The van der Waals surface area contributed by atoms with E-state index < -0.39 is 0 Å². The molecular formula is C25H25N7O3. The molecule has 2 fully saturated rings. The number of furan rings is 1. The van der Waals surface area contributed by atoms with Crippen LogP contribution in [0.5, 0.6) is 0 Å². The number of carbonyl (C=O) groups is 2. The summed E-state index contributed by atoms with van der Waals surface area (Å²) in [5.41, 5.74) is 2.32. The van der Waals surface area contributed by atoms with E-state index in [9.17, 15) is 9.59 Å². The van der Waals surface area contributed by atoms with Crippen LogP contribution in [-0.2, 0) is 7.05 Å². The van der Waals surface area contributed by atoms with E-state index in [4.69, 9.17) is 4.42 Å². The Morgan fingerprint density at radius 3 is 2.69 bits per heavy atom. The zero-order valence-corrected chi connectivity index (χ0v) is 19.3. The van der Waals surface area contributed by atoms with E-state index >= 15 is 0 Å². The summed E-state index contributed by atoms with van der Waals surface area (Å²) in [6.45, 7) is 2.08. The van der Waals surface area contributed by atoms with E-state index in [1.807, 2.05) is 35.2 Å². The fourth-order valence-electron chi connectivity index (χ4n) is 5.13. The molecule has 3 aromatic heterocycles. The molecular weight excluding hydrogens is 446 g/mol. The van der Waals surface area contributed by atoms with Gasteiger partial charge in [0.15, 0.2) is 11.3 Å². The second kappa shape index (κ2) is 8.30. The van der Waals surface area contributed by atoms with Crippen LogP contribution in [0.4, 0.5) is 0 Å². The van der Waals surface area contributed by atoms with Crippen LogP contribution < -0.4 is 5.32 Å². The third-order valence-corrected chi connectivity index (χ3v) is 7.36. The number of amides is 2. The van der Waals surface area contributed by atoms with Gasteiger partial charge in [-0.15, -0.1) is 10.2 Å². The summed E-state index contributed by atoms with van der Waals surface area (Å²) >= 11 is 0. The topological polar surface area (TPSA) is 119 Å². The first kappa shape index (κ1) is 21.5. The minimum Gasteiger partial charge on any atom is -0.449 e. The van der Waals surface area contributed by atoms with E-state index in [0.29, 0.717) is 35.2 Å². The zero-order chi connectivity index (χ0) is 24.0. The highest BCUT2D eigenvalue weighted by Crippen LogP contribution is 2.59. The van der Waals surface area contributed by atoms with Gasteiger partial charge >= 0.3 is 0 Å². The van der Waals surface area contributed by atoms with Gasteiger partial charge in [-0.25, -0.2) is 0 Å². The molecule has 1 aliphatic heterocycles. The number of aromatic nitrogens is 5. The molecule has 0 radical (unpaired) electrons. The van der Waals surface area contributed by atoms with Crippen LogP contribution >= 0.6 is 0 Å². The van der Waals surface area contributed by atoms with Crippen molar-refractivity contribution in [1.29, 1.82) is 0 Å². The molecule has 4 heterocycles. The molecule has 35 heavy (non-hydrogen) atoms. The molecule has 6 rings (SSSR count). The summed E-state index contributed by atoms with van der Waals surface area (Å²) in [7, 11) is 1.72. The lowest BCUT2D eigenvalue weighted by Gasteiger charge is -2.33. The number of piperidine rings is 1. The molecule has 178 valence electrons. The molecule has 2 aliphatic rings. The molecule has 10 nitrogen and oxygen atoms in total.